The summed E-state index contributed by atoms with van der Waals surface area (Å²) in [6, 6.07) is 10.4. The highest BCUT2D eigenvalue weighted by Crippen LogP contribution is 2.29. The summed E-state index contributed by atoms with van der Waals surface area (Å²) in [7, 11) is 0. The molecule has 6 heteroatoms. The zero-order valence-corrected chi connectivity index (χ0v) is 14.6. The number of amides is 1. The minimum atomic E-state index is -0.428. The van der Waals surface area contributed by atoms with Gasteiger partial charge >= 0.3 is 0 Å². The Hall–Kier alpha value is -1.76. The van der Waals surface area contributed by atoms with Gasteiger partial charge in [-0.2, -0.15) is 0 Å². The van der Waals surface area contributed by atoms with Crippen molar-refractivity contribution in [3.8, 4) is 10.4 Å². The third-order valence-corrected chi connectivity index (χ3v) is 5.34. The Morgan fingerprint density at radius 2 is 2.00 bits per heavy atom. The fraction of sp³-hybridized carbons (Fsp3) is 0.389. The molecule has 3 rings (SSSR count). The quantitative estimate of drug-likeness (QED) is 0.925. The lowest BCUT2D eigenvalue weighted by molar-refractivity contribution is -0.134. The largest absolute Gasteiger partial charge is 0.339 e. The van der Waals surface area contributed by atoms with Crippen LogP contribution in [0, 0.1) is 5.82 Å². The van der Waals surface area contributed by atoms with Crippen molar-refractivity contribution in [1.29, 1.82) is 0 Å². The summed E-state index contributed by atoms with van der Waals surface area (Å²) < 4.78 is 13.3. The van der Waals surface area contributed by atoms with E-state index in [0.29, 0.717) is 0 Å². The van der Waals surface area contributed by atoms with E-state index in [1.807, 2.05) is 17.0 Å². The molecule has 1 fully saturated rings. The van der Waals surface area contributed by atoms with Crippen LogP contribution in [0.4, 0.5) is 4.39 Å². The van der Waals surface area contributed by atoms with Gasteiger partial charge in [-0.15, -0.1) is 11.3 Å². The first-order chi connectivity index (χ1) is 11.5. The molecular formula is C18H22FN3OS. The number of carbonyl (C=O) groups excluding carboxylic acids is 1. The average Bonchev–Trinajstić information content (AvgIpc) is 3.03. The van der Waals surface area contributed by atoms with Crippen LogP contribution in [0.25, 0.3) is 10.4 Å². The number of hydrogen-bond acceptors (Lipinski definition) is 4. The summed E-state index contributed by atoms with van der Waals surface area (Å²) in [5, 5.41) is 0. The zero-order chi connectivity index (χ0) is 17.1. The molecule has 128 valence electrons. The lowest BCUT2D eigenvalue weighted by Gasteiger charge is -2.35. The predicted molar refractivity (Wildman–Crippen MR) is 95.2 cm³/mol. The lowest BCUT2D eigenvalue weighted by atomic mass is 10.2. The number of carbonyl (C=O) groups is 1. The van der Waals surface area contributed by atoms with E-state index >= 15 is 0 Å². The number of hydrogen-bond donors (Lipinski definition) is 1. The molecule has 0 spiro atoms. The molecule has 2 N–H and O–H groups in total. The molecule has 2 heterocycles. The van der Waals surface area contributed by atoms with Gasteiger partial charge in [-0.25, -0.2) is 4.39 Å². The van der Waals surface area contributed by atoms with E-state index in [4.69, 9.17) is 5.73 Å². The van der Waals surface area contributed by atoms with E-state index in [1.165, 1.54) is 10.9 Å². The van der Waals surface area contributed by atoms with Gasteiger partial charge in [0.15, 0.2) is 0 Å². The van der Waals surface area contributed by atoms with Crippen LogP contribution in [0.3, 0.4) is 0 Å². The molecule has 0 radical (unpaired) electrons. The molecule has 1 saturated heterocycles. The number of thiophene rings is 1. The molecule has 1 aromatic heterocycles. The summed E-state index contributed by atoms with van der Waals surface area (Å²) in [6.45, 7) is 5.75. The van der Waals surface area contributed by atoms with E-state index in [2.05, 4.69) is 11.0 Å². The first-order valence-corrected chi connectivity index (χ1v) is 8.96. The summed E-state index contributed by atoms with van der Waals surface area (Å²) in [6.07, 6.45) is 0. The predicted octanol–water partition coefficient (Wildman–Crippen LogP) is 2.55. The smallest absolute Gasteiger partial charge is 0.239 e. The molecule has 2 aromatic rings. The first-order valence-electron chi connectivity index (χ1n) is 8.14. The number of piperazine rings is 1. The van der Waals surface area contributed by atoms with E-state index in [0.717, 1.165) is 43.2 Å². The highest BCUT2D eigenvalue weighted by Gasteiger charge is 2.23. The molecule has 1 aromatic carbocycles. The van der Waals surface area contributed by atoms with Crippen molar-refractivity contribution in [1.82, 2.24) is 9.80 Å². The molecule has 1 atom stereocenters. The summed E-state index contributed by atoms with van der Waals surface area (Å²) in [5.74, 6) is -0.184. The van der Waals surface area contributed by atoms with Gasteiger partial charge in [-0.1, -0.05) is 12.1 Å². The molecule has 1 unspecified atom stereocenters. The molecule has 1 aliphatic heterocycles. The van der Waals surface area contributed by atoms with Gasteiger partial charge in [0.05, 0.1) is 6.04 Å². The number of benzene rings is 1. The van der Waals surface area contributed by atoms with Crippen molar-refractivity contribution in [2.45, 2.75) is 19.5 Å². The van der Waals surface area contributed by atoms with E-state index < -0.39 is 6.04 Å². The second-order valence-corrected chi connectivity index (χ2v) is 7.33. The van der Waals surface area contributed by atoms with Gasteiger partial charge in [-0.3, -0.25) is 9.69 Å². The molecule has 1 aliphatic rings. The van der Waals surface area contributed by atoms with E-state index in [-0.39, 0.29) is 11.7 Å². The Morgan fingerprint density at radius 1 is 1.25 bits per heavy atom. The standard InChI is InChI=1S/C18H22FN3OS/c1-13(20)18(23)22-9-7-21(8-10-22)12-16-5-6-17(24-16)14-3-2-4-15(19)11-14/h2-6,11,13H,7-10,12,20H2,1H3. The van der Waals surface area contributed by atoms with Crippen molar-refractivity contribution in [2.24, 2.45) is 5.73 Å². The highest BCUT2D eigenvalue weighted by atomic mass is 32.1. The van der Waals surface area contributed by atoms with Crippen LogP contribution in [0.15, 0.2) is 36.4 Å². The van der Waals surface area contributed by atoms with Crippen molar-refractivity contribution < 1.29 is 9.18 Å². The van der Waals surface area contributed by atoms with Crippen molar-refractivity contribution in [3.63, 3.8) is 0 Å². The SMILES string of the molecule is CC(N)C(=O)N1CCN(Cc2ccc(-c3cccc(F)c3)s2)CC1. The average molecular weight is 347 g/mol. The maximum Gasteiger partial charge on any atom is 0.239 e. The zero-order valence-electron chi connectivity index (χ0n) is 13.7. The normalized spacial score (nSPS) is 17.0. The van der Waals surface area contributed by atoms with Gasteiger partial charge in [0.1, 0.15) is 5.82 Å². The summed E-state index contributed by atoms with van der Waals surface area (Å²) in [4.78, 5) is 18.4. The highest BCUT2D eigenvalue weighted by molar-refractivity contribution is 7.15. The Kier molecular flexibility index (Phi) is 5.28. The Bertz CT molecular complexity index is 708. The number of nitrogens with two attached hydrogens (primary N) is 1. The molecule has 0 bridgehead atoms. The van der Waals surface area contributed by atoms with Crippen molar-refractivity contribution in [2.75, 3.05) is 26.2 Å². The third kappa shape index (κ3) is 4.01. The third-order valence-electron chi connectivity index (χ3n) is 4.22. The van der Waals surface area contributed by atoms with Gasteiger partial charge in [0.25, 0.3) is 0 Å². The molecule has 1 amide bonds. The van der Waals surface area contributed by atoms with Gasteiger partial charge < -0.3 is 10.6 Å². The minimum Gasteiger partial charge on any atom is -0.339 e. The van der Waals surface area contributed by atoms with Crippen molar-refractivity contribution >= 4 is 17.2 Å². The Morgan fingerprint density at radius 3 is 2.67 bits per heavy atom. The van der Waals surface area contributed by atoms with Crippen LogP contribution in [-0.2, 0) is 11.3 Å². The van der Waals surface area contributed by atoms with Crippen LogP contribution in [0.5, 0.6) is 0 Å². The first kappa shape index (κ1) is 17.1. The summed E-state index contributed by atoms with van der Waals surface area (Å²) in [5.41, 5.74) is 6.58. The number of nitrogens with zero attached hydrogens (tertiary/aromatic N) is 2. The Labute approximate surface area is 145 Å². The van der Waals surface area contributed by atoms with Crippen LogP contribution in [0.2, 0.25) is 0 Å². The minimum absolute atomic E-state index is 0.0270. The second-order valence-electron chi connectivity index (χ2n) is 6.17. The lowest BCUT2D eigenvalue weighted by Crippen LogP contribution is -2.52. The molecule has 4 nitrogen and oxygen atoms in total. The Balaban J connectivity index is 1.57. The van der Waals surface area contributed by atoms with Crippen LogP contribution in [-0.4, -0.2) is 47.9 Å². The molecule has 0 aliphatic carbocycles. The number of halogens is 1. The topological polar surface area (TPSA) is 49.6 Å². The van der Waals surface area contributed by atoms with Crippen LogP contribution in [0.1, 0.15) is 11.8 Å². The van der Waals surface area contributed by atoms with Gasteiger partial charge in [0.2, 0.25) is 5.91 Å². The molecule has 24 heavy (non-hydrogen) atoms. The second kappa shape index (κ2) is 7.42. The van der Waals surface area contributed by atoms with E-state index in [9.17, 15) is 9.18 Å². The van der Waals surface area contributed by atoms with Crippen LogP contribution < -0.4 is 5.73 Å². The maximum absolute atomic E-state index is 13.3. The molecular weight excluding hydrogens is 325 g/mol. The summed E-state index contributed by atoms with van der Waals surface area (Å²) >= 11 is 1.69. The van der Waals surface area contributed by atoms with E-state index in [1.54, 1.807) is 30.4 Å². The fourth-order valence-corrected chi connectivity index (χ4v) is 3.94. The fourth-order valence-electron chi connectivity index (χ4n) is 2.89. The van der Waals surface area contributed by atoms with Gasteiger partial charge in [0, 0.05) is 42.5 Å². The monoisotopic (exact) mass is 347 g/mol. The van der Waals surface area contributed by atoms with Crippen molar-refractivity contribution in [3.05, 3.63) is 47.1 Å². The maximum atomic E-state index is 13.3. The van der Waals surface area contributed by atoms with Gasteiger partial charge in [-0.05, 0) is 36.8 Å². The van der Waals surface area contributed by atoms with Crippen LogP contribution >= 0.6 is 11.3 Å². The molecule has 0 saturated carbocycles. The number of rotatable bonds is 4.